The largest absolute Gasteiger partial charge is 0.310 e. The van der Waals surface area contributed by atoms with Crippen molar-refractivity contribution in [3.63, 3.8) is 0 Å². The highest BCUT2D eigenvalue weighted by molar-refractivity contribution is 7.25. The normalized spacial score (nSPS) is 18.8. The van der Waals surface area contributed by atoms with Crippen molar-refractivity contribution in [2.75, 3.05) is 4.90 Å². The predicted molar refractivity (Wildman–Crippen MR) is 242 cm³/mol. The van der Waals surface area contributed by atoms with Crippen LogP contribution in [-0.2, 0) is 5.41 Å². The van der Waals surface area contributed by atoms with Crippen LogP contribution >= 0.6 is 11.3 Å². The molecule has 56 heavy (non-hydrogen) atoms. The summed E-state index contributed by atoms with van der Waals surface area (Å²) in [7, 11) is 0. The third kappa shape index (κ3) is 6.14. The van der Waals surface area contributed by atoms with Gasteiger partial charge in [-0.1, -0.05) is 143 Å². The van der Waals surface area contributed by atoms with E-state index in [1.807, 2.05) is 11.3 Å². The smallest absolute Gasteiger partial charge is 0.0540 e. The third-order valence-corrected chi connectivity index (χ3v) is 14.9. The number of hydrogen-bond acceptors (Lipinski definition) is 2. The molecule has 0 aliphatic heterocycles. The number of anilines is 3. The number of aryl methyl sites for hydroxylation is 1. The van der Waals surface area contributed by atoms with Gasteiger partial charge in [0.2, 0.25) is 0 Å². The quantitative estimate of drug-likeness (QED) is 0.150. The van der Waals surface area contributed by atoms with Gasteiger partial charge in [0, 0.05) is 42.3 Å². The molecular formula is C54H51NS. The van der Waals surface area contributed by atoms with Crippen LogP contribution in [0.1, 0.15) is 81.0 Å². The van der Waals surface area contributed by atoms with E-state index in [1.165, 1.54) is 113 Å². The van der Waals surface area contributed by atoms with Gasteiger partial charge in [-0.15, -0.1) is 11.3 Å². The molecule has 1 heterocycles. The summed E-state index contributed by atoms with van der Waals surface area (Å²) < 4.78 is 2.69. The van der Waals surface area contributed by atoms with Crippen molar-refractivity contribution in [2.45, 2.75) is 71.1 Å². The first-order valence-corrected chi connectivity index (χ1v) is 21.6. The van der Waals surface area contributed by atoms with Crippen LogP contribution < -0.4 is 4.90 Å². The van der Waals surface area contributed by atoms with Gasteiger partial charge in [-0.2, -0.15) is 0 Å². The molecule has 0 amide bonds. The molecule has 0 radical (unpaired) electrons. The van der Waals surface area contributed by atoms with Crippen LogP contribution in [0, 0.1) is 24.7 Å². The van der Waals surface area contributed by atoms with Gasteiger partial charge in [0.15, 0.2) is 0 Å². The Bertz CT molecular complexity index is 2700. The Balaban J connectivity index is 1.11. The highest BCUT2D eigenvalue weighted by atomic mass is 32.1. The van der Waals surface area contributed by atoms with Gasteiger partial charge in [0.1, 0.15) is 0 Å². The van der Waals surface area contributed by atoms with E-state index in [9.17, 15) is 0 Å². The van der Waals surface area contributed by atoms with Crippen molar-refractivity contribution in [2.24, 2.45) is 17.8 Å². The zero-order chi connectivity index (χ0) is 38.0. The maximum absolute atomic E-state index is 2.58. The molecule has 0 saturated heterocycles. The van der Waals surface area contributed by atoms with Gasteiger partial charge >= 0.3 is 0 Å². The van der Waals surface area contributed by atoms with Crippen molar-refractivity contribution in [3.05, 3.63) is 174 Å². The van der Waals surface area contributed by atoms with E-state index in [-0.39, 0.29) is 5.41 Å². The molecule has 10 rings (SSSR count). The van der Waals surface area contributed by atoms with E-state index in [0.717, 1.165) is 11.8 Å². The van der Waals surface area contributed by atoms with Crippen LogP contribution in [0.15, 0.2) is 152 Å². The lowest BCUT2D eigenvalue weighted by Crippen LogP contribution is -2.26. The Morgan fingerprint density at radius 2 is 1.23 bits per heavy atom. The molecular weight excluding hydrogens is 695 g/mol. The minimum Gasteiger partial charge on any atom is -0.310 e. The van der Waals surface area contributed by atoms with Gasteiger partial charge < -0.3 is 4.90 Å². The molecule has 2 fully saturated rings. The van der Waals surface area contributed by atoms with E-state index in [1.54, 1.807) is 0 Å². The van der Waals surface area contributed by atoms with Gasteiger partial charge in [0.05, 0.1) is 5.69 Å². The molecule has 2 bridgehead atoms. The molecule has 2 heteroatoms. The average Bonchev–Trinajstić information content (AvgIpc) is 3.78. The number of thiophene rings is 1. The molecule has 0 spiro atoms. The molecule has 4 atom stereocenters. The number of hydrogen-bond donors (Lipinski definition) is 0. The van der Waals surface area contributed by atoms with E-state index >= 15 is 0 Å². The lowest BCUT2D eigenvalue weighted by Gasteiger charge is -2.38. The zero-order valence-electron chi connectivity index (χ0n) is 33.1. The lowest BCUT2D eigenvalue weighted by atomic mass is 9.68. The summed E-state index contributed by atoms with van der Waals surface area (Å²) in [5.41, 5.74) is 11.7. The SMILES string of the molecule is Cc1ccccc1C(C)(C)c1ccc(N(c2ccc(-c3ccc4c(c3)sc3ccccc34)cc2)c2cccc3ccccc23)cc1[C@@H](C)C1C[C@H]2CC[C@@H](C1)C2. The lowest BCUT2D eigenvalue weighted by molar-refractivity contribution is 0.233. The third-order valence-electron chi connectivity index (χ3n) is 13.7. The fourth-order valence-electron chi connectivity index (χ4n) is 10.8. The Labute approximate surface area is 336 Å². The van der Waals surface area contributed by atoms with Crippen LogP contribution in [0.5, 0.6) is 0 Å². The highest BCUT2D eigenvalue weighted by Crippen LogP contribution is 2.51. The minimum absolute atomic E-state index is 0.136. The molecule has 2 saturated carbocycles. The monoisotopic (exact) mass is 745 g/mol. The second-order valence-electron chi connectivity index (χ2n) is 17.5. The second-order valence-corrected chi connectivity index (χ2v) is 18.6. The molecule has 1 aromatic heterocycles. The summed E-state index contributed by atoms with van der Waals surface area (Å²) in [5, 5.41) is 5.20. The molecule has 2 aliphatic carbocycles. The molecule has 1 unspecified atom stereocenters. The Hall–Kier alpha value is -5.18. The Morgan fingerprint density at radius 1 is 0.571 bits per heavy atom. The topological polar surface area (TPSA) is 3.24 Å². The summed E-state index contributed by atoms with van der Waals surface area (Å²) in [5.74, 6) is 2.99. The Kier molecular flexibility index (Phi) is 8.87. The summed E-state index contributed by atoms with van der Waals surface area (Å²) in [6.45, 7) is 9.72. The van der Waals surface area contributed by atoms with Crippen LogP contribution in [0.25, 0.3) is 42.1 Å². The molecule has 0 N–H and O–H groups in total. The van der Waals surface area contributed by atoms with Gasteiger partial charge in [-0.3, -0.25) is 0 Å². The summed E-state index contributed by atoms with van der Waals surface area (Å²) in [4.78, 5) is 2.52. The molecule has 8 aromatic rings. The summed E-state index contributed by atoms with van der Waals surface area (Å²) >= 11 is 1.89. The standard InChI is InChI=1S/C54H51NS/c1-35-12-5-9-17-49(35)54(3,4)50-29-27-44(34-48(50)36(2)42-31-37-20-21-38(30-37)32-42)55(51-18-11-14-40-13-6-7-15-45(40)51)43-25-22-39(23-26-43)41-24-28-47-46-16-8-10-19-52(46)56-53(47)33-41/h5-19,22-29,33-34,36-38,42H,20-21,30-32H2,1-4H3/t36-,37-,38+,42?/m0/s1. The Morgan fingerprint density at radius 3 is 2.04 bits per heavy atom. The van der Waals surface area contributed by atoms with Crippen LogP contribution in [0.4, 0.5) is 17.1 Å². The number of rotatable bonds is 8. The average molecular weight is 746 g/mol. The van der Waals surface area contributed by atoms with Crippen molar-refractivity contribution in [3.8, 4) is 11.1 Å². The fraction of sp³-hybridized carbons (Fsp3) is 0.259. The van der Waals surface area contributed by atoms with Crippen molar-refractivity contribution in [1.29, 1.82) is 0 Å². The van der Waals surface area contributed by atoms with E-state index < -0.39 is 0 Å². The molecule has 2 aliphatic rings. The fourth-order valence-corrected chi connectivity index (χ4v) is 12.0. The molecule has 278 valence electrons. The van der Waals surface area contributed by atoms with Gasteiger partial charge in [0.25, 0.3) is 0 Å². The molecule has 1 nitrogen and oxygen atoms in total. The number of fused-ring (bicyclic) bond motifs is 6. The minimum atomic E-state index is -0.136. The predicted octanol–water partition coefficient (Wildman–Crippen LogP) is 15.9. The van der Waals surface area contributed by atoms with Crippen molar-refractivity contribution < 1.29 is 0 Å². The van der Waals surface area contributed by atoms with E-state index in [4.69, 9.17) is 0 Å². The second kappa shape index (κ2) is 14.1. The van der Waals surface area contributed by atoms with Crippen LogP contribution in [0.3, 0.4) is 0 Å². The van der Waals surface area contributed by atoms with Gasteiger partial charge in [-0.05, 0) is 131 Å². The zero-order valence-corrected chi connectivity index (χ0v) is 34.0. The first kappa shape index (κ1) is 35.2. The van der Waals surface area contributed by atoms with Crippen molar-refractivity contribution >= 4 is 59.3 Å². The molecule has 7 aromatic carbocycles. The number of nitrogens with zero attached hydrogens (tertiary/aromatic N) is 1. The maximum atomic E-state index is 2.58. The summed E-state index contributed by atoms with van der Waals surface area (Å²) in [6, 6.07) is 57.1. The first-order valence-electron chi connectivity index (χ1n) is 20.8. The van der Waals surface area contributed by atoms with E-state index in [2.05, 4.69) is 184 Å². The van der Waals surface area contributed by atoms with Crippen LogP contribution in [0.2, 0.25) is 0 Å². The summed E-state index contributed by atoms with van der Waals surface area (Å²) in [6.07, 6.45) is 7.05. The highest BCUT2D eigenvalue weighted by Gasteiger charge is 2.38. The van der Waals surface area contributed by atoms with E-state index in [0.29, 0.717) is 11.8 Å². The first-order chi connectivity index (χ1) is 27.3. The number of benzene rings is 7. The maximum Gasteiger partial charge on any atom is 0.0540 e. The van der Waals surface area contributed by atoms with Gasteiger partial charge in [-0.25, -0.2) is 0 Å². The van der Waals surface area contributed by atoms with Crippen LogP contribution in [-0.4, -0.2) is 0 Å². The van der Waals surface area contributed by atoms with Crippen molar-refractivity contribution in [1.82, 2.24) is 0 Å².